The fourth-order valence-electron chi connectivity index (χ4n) is 4.74. The number of nitrogens with zero attached hydrogens (tertiary/aromatic N) is 4. The van der Waals surface area contributed by atoms with E-state index in [1.165, 1.54) is 12.1 Å². The summed E-state index contributed by atoms with van der Waals surface area (Å²) in [6.07, 6.45) is 3.28. The lowest BCUT2D eigenvalue weighted by atomic mass is 9.95. The molecule has 6 rings (SSSR count). The number of aryl methyl sites for hydroxylation is 1. The number of rotatable bonds is 7. The summed E-state index contributed by atoms with van der Waals surface area (Å²) in [4.78, 5) is 21.9. The van der Waals surface area contributed by atoms with Gasteiger partial charge in [0.2, 0.25) is 5.95 Å². The molecule has 0 aliphatic heterocycles. The first-order chi connectivity index (χ1) is 19.6. The minimum Gasteiger partial charge on any atom is -0.346 e. The molecule has 2 N–H and O–H groups in total. The quantitative estimate of drug-likeness (QED) is 0.218. The van der Waals surface area contributed by atoms with Crippen LogP contribution in [0.3, 0.4) is 0 Å². The molecule has 41 heavy (non-hydrogen) atoms. The van der Waals surface area contributed by atoms with Gasteiger partial charge in [-0.05, 0) is 79.3 Å². The Morgan fingerprint density at radius 3 is 2.66 bits per heavy atom. The number of anilines is 2. The molecule has 0 radical (unpaired) electrons. The molecule has 1 aliphatic rings. The van der Waals surface area contributed by atoms with Crippen molar-refractivity contribution in [2.24, 2.45) is 0 Å². The van der Waals surface area contributed by atoms with Gasteiger partial charge in [0.25, 0.3) is 5.91 Å². The van der Waals surface area contributed by atoms with Crippen molar-refractivity contribution in [3.63, 3.8) is 0 Å². The summed E-state index contributed by atoms with van der Waals surface area (Å²) in [7, 11) is 0. The van der Waals surface area contributed by atoms with Gasteiger partial charge in [0, 0.05) is 23.3 Å². The average molecular weight is 557 g/mol. The molecule has 0 spiro atoms. The van der Waals surface area contributed by atoms with Crippen LogP contribution in [-0.4, -0.2) is 25.7 Å². The van der Waals surface area contributed by atoms with Gasteiger partial charge >= 0.3 is 6.18 Å². The van der Waals surface area contributed by atoms with Crippen molar-refractivity contribution < 1.29 is 18.0 Å². The number of fused-ring (bicyclic) bond motifs is 1. The molecule has 3 aromatic carbocycles. The molecule has 1 fully saturated rings. The molecular weight excluding hydrogens is 529 g/mol. The molecule has 0 bridgehead atoms. The van der Waals surface area contributed by atoms with Crippen LogP contribution in [0.25, 0.3) is 22.0 Å². The number of aromatic nitrogens is 4. The normalized spacial score (nSPS) is 14.2. The number of halogens is 3. The maximum Gasteiger partial charge on any atom is 0.416 e. The van der Waals surface area contributed by atoms with Crippen LogP contribution in [0.2, 0.25) is 0 Å². The average Bonchev–Trinajstić information content (AvgIpc) is 3.71. The molecule has 2 heterocycles. The Kier molecular flexibility index (Phi) is 6.69. The number of nitrogens with one attached hydrogen (secondary N) is 2. The monoisotopic (exact) mass is 556 g/mol. The first-order valence-electron chi connectivity index (χ1n) is 13.3. The Bertz CT molecular complexity index is 1760. The zero-order valence-corrected chi connectivity index (χ0v) is 22.4. The van der Waals surface area contributed by atoms with Gasteiger partial charge in [-0.2, -0.15) is 18.3 Å². The van der Waals surface area contributed by atoms with Gasteiger partial charge in [0.05, 0.1) is 35.0 Å². The SMILES string of the molecule is Cc1ccc([C@@H](C)NC(=O)c2cccc(C(F)(F)F)c2)cc1-c1ccc2cnc(Nc3cnn(C4CC4)c3)nc2c1. The van der Waals surface area contributed by atoms with Crippen LogP contribution in [0, 0.1) is 6.92 Å². The second-order valence-electron chi connectivity index (χ2n) is 10.4. The zero-order chi connectivity index (χ0) is 28.7. The Balaban J connectivity index is 1.22. The largest absolute Gasteiger partial charge is 0.416 e. The number of carbonyl (C=O) groups excluding carboxylic acids is 1. The van der Waals surface area contributed by atoms with E-state index in [1.807, 2.05) is 54.2 Å². The van der Waals surface area contributed by atoms with Gasteiger partial charge in [-0.3, -0.25) is 9.48 Å². The van der Waals surface area contributed by atoms with E-state index in [0.717, 1.165) is 63.8 Å². The van der Waals surface area contributed by atoms with Crippen molar-refractivity contribution in [1.29, 1.82) is 0 Å². The highest BCUT2D eigenvalue weighted by Gasteiger charge is 2.31. The molecule has 0 unspecified atom stereocenters. The lowest BCUT2D eigenvalue weighted by Crippen LogP contribution is -2.27. The summed E-state index contributed by atoms with van der Waals surface area (Å²) >= 11 is 0. The lowest BCUT2D eigenvalue weighted by molar-refractivity contribution is -0.137. The number of hydrogen-bond donors (Lipinski definition) is 2. The standard InChI is InChI=1S/C31H27F3N6O/c1-18-6-7-20(19(2)37-29(41)22-4-3-5-24(12-22)31(32,33)34)13-27(18)21-8-9-23-15-35-30(39-28(23)14-21)38-25-16-36-40(17-25)26-10-11-26/h3-9,12-17,19,26H,10-11H2,1-2H3,(H,37,41)(H,35,38,39)/t19-/m1/s1. The third-order valence-corrected chi connectivity index (χ3v) is 7.23. The molecule has 1 aliphatic carbocycles. The number of amides is 1. The Morgan fingerprint density at radius 2 is 1.88 bits per heavy atom. The highest BCUT2D eigenvalue weighted by Crippen LogP contribution is 2.35. The number of hydrogen-bond acceptors (Lipinski definition) is 5. The first-order valence-corrected chi connectivity index (χ1v) is 13.3. The van der Waals surface area contributed by atoms with Crippen molar-refractivity contribution >= 4 is 28.4 Å². The highest BCUT2D eigenvalue weighted by atomic mass is 19.4. The summed E-state index contributed by atoms with van der Waals surface area (Å²) in [6.45, 7) is 3.80. The summed E-state index contributed by atoms with van der Waals surface area (Å²) in [6, 6.07) is 16.3. The third-order valence-electron chi connectivity index (χ3n) is 7.23. The van der Waals surface area contributed by atoms with Gasteiger partial charge in [-0.1, -0.05) is 30.3 Å². The van der Waals surface area contributed by atoms with Crippen molar-refractivity contribution in [2.75, 3.05) is 5.32 Å². The van der Waals surface area contributed by atoms with Crippen molar-refractivity contribution in [3.8, 4) is 11.1 Å². The summed E-state index contributed by atoms with van der Waals surface area (Å²) in [5, 5.41) is 11.3. The molecule has 1 atom stereocenters. The van der Waals surface area contributed by atoms with Gasteiger partial charge in [-0.15, -0.1) is 0 Å². The molecule has 0 saturated heterocycles. The predicted octanol–water partition coefficient (Wildman–Crippen LogP) is 7.39. The second-order valence-corrected chi connectivity index (χ2v) is 10.4. The van der Waals surface area contributed by atoms with Crippen molar-refractivity contribution in [3.05, 3.63) is 102 Å². The number of benzene rings is 3. The van der Waals surface area contributed by atoms with Crippen LogP contribution in [0.1, 0.15) is 58.9 Å². The van der Waals surface area contributed by atoms with E-state index < -0.39 is 23.7 Å². The topological polar surface area (TPSA) is 84.7 Å². The van der Waals surface area contributed by atoms with Crippen LogP contribution in [0.5, 0.6) is 0 Å². The van der Waals surface area contributed by atoms with Gasteiger partial charge in [-0.25, -0.2) is 9.97 Å². The molecule has 208 valence electrons. The molecule has 7 nitrogen and oxygen atoms in total. The van der Waals surface area contributed by atoms with E-state index in [9.17, 15) is 18.0 Å². The Labute approximate surface area is 234 Å². The van der Waals surface area contributed by atoms with E-state index in [0.29, 0.717) is 12.0 Å². The zero-order valence-electron chi connectivity index (χ0n) is 22.4. The molecule has 1 saturated carbocycles. The van der Waals surface area contributed by atoms with E-state index in [2.05, 4.69) is 20.7 Å². The maximum atomic E-state index is 13.1. The fourth-order valence-corrected chi connectivity index (χ4v) is 4.74. The van der Waals surface area contributed by atoms with Gasteiger partial charge in [0.1, 0.15) is 0 Å². The van der Waals surface area contributed by atoms with E-state index in [-0.39, 0.29) is 5.56 Å². The number of alkyl halides is 3. The lowest BCUT2D eigenvalue weighted by Gasteiger charge is -2.17. The molecule has 2 aromatic heterocycles. The predicted molar refractivity (Wildman–Crippen MR) is 151 cm³/mol. The summed E-state index contributed by atoms with van der Waals surface area (Å²) in [5.41, 5.74) is 4.46. The molecular formula is C31H27F3N6O. The maximum absolute atomic E-state index is 13.1. The highest BCUT2D eigenvalue weighted by molar-refractivity contribution is 5.94. The van der Waals surface area contributed by atoms with Crippen LogP contribution in [-0.2, 0) is 6.18 Å². The van der Waals surface area contributed by atoms with Crippen LogP contribution < -0.4 is 10.6 Å². The minimum absolute atomic E-state index is 0.0440. The third kappa shape index (κ3) is 5.77. The second kappa shape index (κ2) is 10.3. The van der Waals surface area contributed by atoms with E-state index in [4.69, 9.17) is 4.98 Å². The smallest absolute Gasteiger partial charge is 0.346 e. The summed E-state index contributed by atoms with van der Waals surface area (Å²) < 4.78 is 41.3. The Hall–Kier alpha value is -4.73. The van der Waals surface area contributed by atoms with Gasteiger partial charge < -0.3 is 10.6 Å². The molecule has 1 amide bonds. The van der Waals surface area contributed by atoms with Gasteiger partial charge in [0.15, 0.2) is 0 Å². The van der Waals surface area contributed by atoms with Crippen LogP contribution in [0.4, 0.5) is 24.8 Å². The molecule has 5 aromatic rings. The van der Waals surface area contributed by atoms with Crippen molar-refractivity contribution in [1.82, 2.24) is 25.1 Å². The van der Waals surface area contributed by atoms with Crippen LogP contribution in [0.15, 0.2) is 79.3 Å². The van der Waals surface area contributed by atoms with E-state index >= 15 is 0 Å². The Morgan fingerprint density at radius 1 is 1.05 bits per heavy atom. The summed E-state index contributed by atoms with van der Waals surface area (Å²) in [5.74, 6) is -0.0998. The van der Waals surface area contributed by atoms with Crippen molar-refractivity contribution in [2.45, 2.75) is 44.9 Å². The van der Waals surface area contributed by atoms with E-state index in [1.54, 1.807) is 19.3 Å². The minimum atomic E-state index is -4.52. The molecule has 10 heteroatoms. The van der Waals surface area contributed by atoms with Crippen LogP contribution >= 0.6 is 0 Å². The first kappa shape index (κ1) is 26.5. The number of carbonyl (C=O) groups is 1. The fraction of sp³-hybridized carbons (Fsp3) is 0.226.